The minimum Gasteiger partial charge on any atom is -0.353 e. The Kier molecular flexibility index (Phi) is 3.94. The maximum atomic E-state index is 10.2. The molecule has 8 heavy (non-hydrogen) atoms. The van der Waals surface area contributed by atoms with E-state index < -0.39 is 0 Å². The van der Waals surface area contributed by atoms with Gasteiger partial charge in [0.2, 0.25) is 5.91 Å². The van der Waals surface area contributed by atoms with Crippen LogP contribution in [0.25, 0.3) is 0 Å². The second-order valence-electron chi connectivity index (χ2n) is 1.51. The van der Waals surface area contributed by atoms with Crippen LogP contribution < -0.4 is 5.32 Å². The van der Waals surface area contributed by atoms with Crippen molar-refractivity contribution in [1.82, 2.24) is 5.32 Å². The van der Waals surface area contributed by atoms with Gasteiger partial charge >= 0.3 is 0 Å². The van der Waals surface area contributed by atoms with Gasteiger partial charge in [0.05, 0.1) is 0 Å². The molecule has 0 radical (unpaired) electrons. The van der Waals surface area contributed by atoms with Crippen LogP contribution >= 0.6 is 0 Å². The molecule has 0 bridgehead atoms. The summed E-state index contributed by atoms with van der Waals surface area (Å²) in [5, 5.41) is 2.62. The number of amides is 1. The topological polar surface area (TPSA) is 29.1 Å². The molecule has 0 aromatic carbocycles. The predicted molar refractivity (Wildman–Crippen MR) is 33.5 cm³/mol. The van der Waals surface area contributed by atoms with E-state index in [0.717, 1.165) is 0 Å². The van der Waals surface area contributed by atoms with E-state index in [1.54, 1.807) is 0 Å². The van der Waals surface area contributed by atoms with Crippen molar-refractivity contribution in [2.24, 2.45) is 0 Å². The molecule has 0 aromatic heterocycles. The second-order valence-corrected chi connectivity index (χ2v) is 1.51. The molecule has 2 heteroatoms. The smallest absolute Gasteiger partial charge is 0.217 e. The van der Waals surface area contributed by atoms with Gasteiger partial charge in [-0.2, -0.15) is 0 Å². The fourth-order valence-corrected chi connectivity index (χ4v) is 0.321. The summed E-state index contributed by atoms with van der Waals surface area (Å²) in [6.07, 6.45) is 3.79. The molecular weight excluding hydrogens is 102 g/mol. The molecule has 0 saturated carbocycles. The third-order valence-corrected chi connectivity index (χ3v) is 0.705. The Labute approximate surface area is 49.6 Å². The van der Waals surface area contributed by atoms with Gasteiger partial charge in [0.25, 0.3) is 0 Å². The highest BCUT2D eigenvalue weighted by Crippen LogP contribution is 1.66. The summed E-state index contributed by atoms with van der Waals surface area (Å²) in [6.45, 7) is 4.07. The Bertz CT molecular complexity index is 96.7. The van der Waals surface area contributed by atoms with Crippen LogP contribution in [0.3, 0.4) is 0 Å². The summed E-state index contributed by atoms with van der Waals surface area (Å²) in [7, 11) is 0. The van der Waals surface area contributed by atoms with Gasteiger partial charge in [0.1, 0.15) is 0 Å². The summed E-state index contributed by atoms with van der Waals surface area (Å²) in [6, 6.07) is 0. The summed E-state index contributed by atoms with van der Waals surface area (Å²) in [5.41, 5.74) is 0. The van der Waals surface area contributed by atoms with Crippen LogP contribution in [0.5, 0.6) is 0 Å². The molecule has 0 aliphatic rings. The van der Waals surface area contributed by atoms with Crippen LogP contribution in [0, 0.1) is 0 Å². The van der Waals surface area contributed by atoms with E-state index in [4.69, 9.17) is 0 Å². The van der Waals surface area contributed by atoms with E-state index in [1.165, 1.54) is 6.92 Å². The first-order chi connectivity index (χ1) is 3.77. The normalized spacial score (nSPS) is 9.75. The average molecular weight is 113 g/mol. The Balaban J connectivity index is 3.05. The second kappa shape index (κ2) is 4.37. The van der Waals surface area contributed by atoms with Crippen molar-refractivity contribution in [2.75, 3.05) is 6.54 Å². The van der Waals surface area contributed by atoms with Gasteiger partial charge in [-0.05, 0) is 6.92 Å². The molecule has 1 amide bonds. The zero-order valence-electron chi connectivity index (χ0n) is 5.27. The molecule has 0 aromatic rings. The fourth-order valence-electron chi connectivity index (χ4n) is 0.321. The van der Waals surface area contributed by atoms with E-state index >= 15 is 0 Å². The molecule has 0 rings (SSSR count). The number of carbonyl (C=O) groups excluding carboxylic acids is 1. The van der Waals surface area contributed by atoms with Crippen LogP contribution in [-0.4, -0.2) is 12.5 Å². The number of rotatable bonds is 2. The third-order valence-electron chi connectivity index (χ3n) is 0.705. The molecule has 0 aliphatic carbocycles. The van der Waals surface area contributed by atoms with Gasteiger partial charge in [-0.25, -0.2) is 0 Å². The highest BCUT2D eigenvalue weighted by molar-refractivity contribution is 5.72. The van der Waals surface area contributed by atoms with Crippen LogP contribution in [0.2, 0.25) is 0 Å². The molecule has 2 nitrogen and oxygen atoms in total. The molecular formula is C6H11NO. The number of hydrogen-bond donors (Lipinski definition) is 1. The van der Waals surface area contributed by atoms with Gasteiger partial charge in [-0.1, -0.05) is 12.2 Å². The molecule has 46 valence electrons. The van der Waals surface area contributed by atoms with Crippen molar-refractivity contribution in [2.45, 2.75) is 13.8 Å². The number of hydrogen-bond acceptors (Lipinski definition) is 1. The summed E-state index contributed by atoms with van der Waals surface area (Å²) in [5.74, 6) is 0.0168. The Hall–Kier alpha value is -0.790. The van der Waals surface area contributed by atoms with Crippen LogP contribution in [-0.2, 0) is 4.79 Å². The Morgan fingerprint density at radius 3 is 2.75 bits per heavy atom. The zero-order chi connectivity index (χ0) is 6.41. The SMILES string of the molecule is C/C=C\CNC(C)=O. The first kappa shape index (κ1) is 7.21. The minimum absolute atomic E-state index is 0.0168. The first-order valence-corrected chi connectivity index (χ1v) is 2.63. The summed E-state index contributed by atoms with van der Waals surface area (Å²) in [4.78, 5) is 10.2. The van der Waals surface area contributed by atoms with Gasteiger partial charge < -0.3 is 5.32 Å². The van der Waals surface area contributed by atoms with Crippen LogP contribution in [0.4, 0.5) is 0 Å². The van der Waals surface area contributed by atoms with Crippen molar-refractivity contribution >= 4 is 5.91 Å². The van der Waals surface area contributed by atoms with Crippen LogP contribution in [0.15, 0.2) is 12.2 Å². The van der Waals surface area contributed by atoms with Crippen molar-refractivity contribution in [1.29, 1.82) is 0 Å². The largest absolute Gasteiger partial charge is 0.353 e. The average Bonchev–Trinajstić information content (AvgIpc) is 1.66. The van der Waals surface area contributed by atoms with Crippen molar-refractivity contribution in [3.05, 3.63) is 12.2 Å². The van der Waals surface area contributed by atoms with Crippen molar-refractivity contribution < 1.29 is 4.79 Å². The Morgan fingerprint density at radius 2 is 2.38 bits per heavy atom. The van der Waals surface area contributed by atoms with E-state index in [1.807, 2.05) is 19.1 Å². The maximum Gasteiger partial charge on any atom is 0.217 e. The third kappa shape index (κ3) is 5.21. The lowest BCUT2D eigenvalue weighted by Crippen LogP contribution is -2.19. The van der Waals surface area contributed by atoms with E-state index in [2.05, 4.69) is 5.32 Å². The molecule has 1 N–H and O–H groups in total. The van der Waals surface area contributed by atoms with E-state index in [9.17, 15) is 4.79 Å². The molecule has 0 fully saturated rings. The maximum absolute atomic E-state index is 10.2. The summed E-state index contributed by atoms with van der Waals surface area (Å²) >= 11 is 0. The highest BCUT2D eigenvalue weighted by atomic mass is 16.1. The molecule has 0 spiro atoms. The highest BCUT2D eigenvalue weighted by Gasteiger charge is 1.81. The number of carbonyl (C=O) groups is 1. The van der Waals surface area contributed by atoms with Crippen LogP contribution in [0.1, 0.15) is 13.8 Å². The molecule has 0 heterocycles. The van der Waals surface area contributed by atoms with Gasteiger partial charge in [0.15, 0.2) is 0 Å². The predicted octanol–water partition coefficient (Wildman–Crippen LogP) is 0.699. The monoisotopic (exact) mass is 113 g/mol. The van der Waals surface area contributed by atoms with E-state index in [-0.39, 0.29) is 5.91 Å². The van der Waals surface area contributed by atoms with Gasteiger partial charge in [-0.15, -0.1) is 0 Å². The molecule has 0 unspecified atom stereocenters. The standard InChI is InChI=1S/C6H11NO/c1-3-4-5-7-6(2)8/h3-4H,5H2,1-2H3,(H,7,8)/b4-3-. The minimum atomic E-state index is 0.0168. The lowest BCUT2D eigenvalue weighted by Gasteiger charge is -1.91. The lowest BCUT2D eigenvalue weighted by atomic mass is 10.5. The molecule has 0 aliphatic heterocycles. The van der Waals surface area contributed by atoms with E-state index in [0.29, 0.717) is 6.54 Å². The van der Waals surface area contributed by atoms with Gasteiger partial charge in [0, 0.05) is 13.5 Å². The van der Waals surface area contributed by atoms with Gasteiger partial charge in [-0.3, -0.25) is 4.79 Å². The molecule has 0 saturated heterocycles. The Morgan fingerprint density at radius 1 is 1.75 bits per heavy atom. The van der Waals surface area contributed by atoms with Crippen molar-refractivity contribution in [3.63, 3.8) is 0 Å². The first-order valence-electron chi connectivity index (χ1n) is 2.63. The lowest BCUT2D eigenvalue weighted by molar-refractivity contribution is -0.118. The number of nitrogens with one attached hydrogen (secondary N) is 1. The molecule has 0 atom stereocenters. The fraction of sp³-hybridized carbons (Fsp3) is 0.500. The van der Waals surface area contributed by atoms with Crippen molar-refractivity contribution in [3.8, 4) is 0 Å². The quantitative estimate of drug-likeness (QED) is 0.525. The summed E-state index contributed by atoms with van der Waals surface area (Å²) < 4.78 is 0. The zero-order valence-corrected chi connectivity index (χ0v) is 5.27. The number of allylic oxidation sites excluding steroid dienone is 1.